The maximum atomic E-state index is 11.0. The van der Waals surface area contributed by atoms with Crippen LogP contribution in [0.2, 0.25) is 0 Å². The first kappa shape index (κ1) is 10.7. The Kier molecular flexibility index (Phi) is 4.78. The molecule has 0 N–H and O–H groups in total. The molecule has 0 heterocycles. The van der Waals surface area contributed by atoms with E-state index in [0.717, 1.165) is 0 Å². The van der Waals surface area contributed by atoms with Crippen LogP contribution in [0.3, 0.4) is 0 Å². The maximum absolute atomic E-state index is 11.0. The predicted octanol–water partition coefficient (Wildman–Crippen LogP) is 1.66. The number of nitrogens with zero attached hydrogens (tertiary/aromatic N) is 1. The van der Waals surface area contributed by atoms with Gasteiger partial charge in [0.2, 0.25) is 0 Å². The monoisotopic (exact) mass is 167 g/mol. The van der Waals surface area contributed by atoms with Crippen LogP contribution in [-0.2, 0) is 9.53 Å². The van der Waals surface area contributed by atoms with Gasteiger partial charge in [-0.2, -0.15) is 5.26 Å². The lowest BCUT2D eigenvalue weighted by Crippen LogP contribution is -2.11. The maximum Gasteiger partial charge on any atom is 0.348 e. The Labute approximate surface area is 72.6 Å². The normalized spacial score (nSPS) is 11.1. The molecule has 3 heteroatoms. The zero-order valence-electron chi connectivity index (χ0n) is 7.63. The molecule has 0 aromatic rings. The molecule has 0 amide bonds. The molecule has 3 nitrogen and oxygen atoms in total. The summed E-state index contributed by atoms with van der Waals surface area (Å²) in [7, 11) is 0. The molecular weight excluding hydrogens is 154 g/mol. The molecule has 0 saturated heterocycles. The van der Waals surface area contributed by atoms with Crippen LogP contribution in [-0.4, -0.2) is 12.6 Å². The Morgan fingerprint density at radius 3 is 2.58 bits per heavy atom. The highest BCUT2D eigenvalue weighted by Gasteiger charge is 2.09. The number of carbonyl (C=O) groups excluding carboxylic acids is 1. The van der Waals surface area contributed by atoms with Gasteiger partial charge in [0.15, 0.2) is 0 Å². The van der Waals surface area contributed by atoms with E-state index in [0.29, 0.717) is 12.5 Å². The van der Waals surface area contributed by atoms with Crippen molar-refractivity contribution in [3.05, 3.63) is 11.6 Å². The number of hydrogen-bond donors (Lipinski definition) is 0. The van der Waals surface area contributed by atoms with Crippen LogP contribution in [0, 0.1) is 17.2 Å². The lowest BCUT2D eigenvalue weighted by molar-refractivity contribution is -0.139. The number of carbonyl (C=O) groups is 1. The fourth-order valence-corrected chi connectivity index (χ4v) is 0.548. The molecule has 0 unspecified atom stereocenters. The number of esters is 1. The minimum atomic E-state index is -0.534. The first-order valence-electron chi connectivity index (χ1n) is 3.85. The summed E-state index contributed by atoms with van der Waals surface area (Å²) in [5.74, 6) is -0.237. The lowest BCUT2D eigenvalue weighted by Gasteiger charge is -2.05. The summed E-state index contributed by atoms with van der Waals surface area (Å²) in [6, 6.07) is 1.76. The second kappa shape index (κ2) is 5.36. The fourth-order valence-electron chi connectivity index (χ4n) is 0.548. The molecule has 0 radical (unpaired) electrons. The summed E-state index contributed by atoms with van der Waals surface area (Å²) in [5.41, 5.74) is 0.0654. The van der Waals surface area contributed by atoms with Crippen molar-refractivity contribution in [3.63, 3.8) is 0 Å². The molecule has 0 spiro atoms. The Morgan fingerprint density at radius 2 is 2.25 bits per heavy atom. The zero-order valence-corrected chi connectivity index (χ0v) is 7.63. The molecule has 0 saturated carbocycles. The van der Waals surface area contributed by atoms with E-state index in [1.165, 1.54) is 6.08 Å². The van der Waals surface area contributed by atoms with E-state index in [1.54, 1.807) is 13.0 Å². The van der Waals surface area contributed by atoms with Gasteiger partial charge in [-0.25, -0.2) is 4.79 Å². The first-order chi connectivity index (χ1) is 5.61. The van der Waals surface area contributed by atoms with Crippen LogP contribution in [0.5, 0.6) is 0 Å². The van der Waals surface area contributed by atoms with E-state index in [1.807, 2.05) is 13.8 Å². The molecule has 66 valence electrons. The summed E-state index contributed by atoms with van der Waals surface area (Å²) >= 11 is 0. The number of ether oxygens (including phenoxy) is 1. The molecular formula is C9H13NO2. The van der Waals surface area contributed by atoms with Gasteiger partial charge in [0.05, 0.1) is 6.61 Å². The van der Waals surface area contributed by atoms with Crippen LogP contribution in [0.15, 0.2) is 11.6 Å². The van der Waals surface area contributed by atoms with Crippen molar-refractivity contribution >= 4 is 5.97 Å². The van der Waals surface area contributed by atoms with Crippen LogP contribution < -0.4 is 0 Å². The predicted molar refractivity (Wildman–Crippen MR) is 45.2 cm³/mol. The van der Waals surface area contributed by atoms with Gasteiger partial charge in [-0.1, -0.05) is 19.9 Å². The van der Waals surface area contributed by atoms with Gasteiger partial charge in [-0.3, -0.25) is 0 Å². The average molecular weight is 167 g/mol. The topological polar surface area (TPSA) is 50.1 Å². The van der Waals surface area contributed by atoms with E-state index in [2.05, 4.69) is 0 Å². The molecule has 0 atom stereocenters. The minimum absolute atomic E-state index is 0.0654. The second-order valence-corrected chi connectivity index (χ2v) is 2.81. The SMILES string of the molecule is CC=C(C#N)C(=O)OCC(C)C. The number of hydrogen-bond acceptors (Lipinski definition) is 3. The standard InChI is InChI=1S/C9H13NO2/c1-4-8(5-10)9(11)12-6-7(2)3/h4,7H,6H2,1-3H3. The highest BCUT2D eigenvalue weighted by Crippen LogP contribution is 1.99. The molecule has 0 fully saturated rings. The number of nitriles is 1. The third-order valence-electron chi connectivity index (χ3n) is 1.18. The van der Waals surface area contributed by atoms with Crippen LogP contribution in [0.1, 0.15) is 20.8 Å². The fraction of sp³-hybridized carbons (Fsp3) is 0.556. The van der Waals surface area contributed by atoms with Crippen molar-refractivity contribution in [1.29, 1.82) is 5.26 Å². The van der Waals surface area contributed by atoms with Crippen LogP contribution in [0.4, 0.5) is 0 Å². The van der Waals surface area contributed by atoms with E-state index in [-0.39, 0.29) is 5.57 Å². The summed E-state index contributed by atoms with van der Waals surface area (Å²) in [6.07, 6.45) is 1.45. The third-order valence-corrected chi connectivity index (χ3v) is 1.18. The average Bonchev–Trinajstić information content (AvgIpc) is 2.03. The zero-order chi connectivity index (χ0) is 9.56. The van der Waals surface area contributed by atoms with E-state index in [9.17, 15) is 4.79 Å². The highest BCUT2D eigenvalue weighted by atomic mass is 16.5. The van der Waals surface area contributed by atoms with Crippen molar-refractivity contribution in [3.8, 4) is 6.07 Å². The Bertz CT molecular complexity index is 223. The summed E-state index contributed by atoms with van der Waals surface area (Å²) in [6.45, 7) is 5.87. The molecule has 12 heavy (non-hydrogen) atoms. The van der Waals surface area contributed by atoms with E-state index < -0.39 is 5.97 Å². The van der Waals surface area contributed by atoms with Gasteiger partial charge in [-0.15, -0.1) is 0 Å². The van der Waals surface area contributed by atoms with Gasteiger partial charge in [0.1, 0.15) is 11.6 Å². The smallest absolute Gasteiger partial charge is 0.348 e. The van der Waals surface area contributed by atoms with Gasteiger partial charge >= 0.3 is 5.97 Å². The molecule has 0 bridgehead atoms. The Hall–Kier alpha value is -1.30. The van der Waals surface area contributed by atoms with Crippen molar-refractivity contribution in [2.45, 2.75) is 20.8 Å². The van der Waals surface area contributed by atoms with E-state index in [4.69, 9.17) is 10.00 Å². The van der Waals surface area contributed by atoms with Crippen molar-refractivity contribution < 1.29 is 9.53 Å². The van der Waals surface area contributed by atoms with Crippen molar-refractivity contribution in [2.24, 2.45) is 5.92 Å². The molecule has 0 rings (SSSR count). The molecule has 0 aromatic carbocycles. The van der Waals surface area contributed by atoms with Gasteiger partial charge < -0.3 is 4.74 Å². The van der Waals surface area contributed by atoms with Crippen molar-refractivity contribution in [2.75, 3.05) is 6.61 Å². The minimum Gasteiger partial charge on any atom is -0.461 e. The number of rotatable bonds is 3. The highest BCUT2D eigenvalue weighted by molar-refractivity contribution is 5.92. The van der Waals surface area contributed by atoms with Gasteiger partial charge in [0, 0.05) is 0 Å². The largest absolute Gasteiger partial charge is 0.461 e. The van der Waals surface area contributed by atoms with Gasteiger partial charge in [-0.05, 0) is 12.8 Å². The quantitative estimate of drug-likeness (QED) is 0.365. The number of allylic oxidation sites excluding steroid dienone is 1. The first-order valence-corrected chi connectivity index (χ1v) is 3.85. The third kappa shape index (κ3) is 3.77. The summed E-state index contributed by atoms with van der Waals surface area (Å²) in [4.78, 5) is 11.0. The second-order valence-electron chi connectivity index (χ2n) is 2.81. The van der Waals surface area contributed by atoms with Crippen molar-refractivity contribution in [1.82, 2.24) is 0 Å². The van der Waals surface area contributed by atoms with Crippen LogP contribution in [0.25, 0.3) is 0 Å². The lowest BCUT2D eigenvalue weighted by atomic mass is 10.2. The summed E-state index contributed by atoms with van der Waals surface area (Å²) in [5, 5.41) is 8.44. The molecule has 0 aliphatic heterocycles. The Balaban J connectivity index is 3.98. The van der Waals surface area contributed by atoms with Gasteiger partial charge in [0.25, 0.3) is 0 Å². The molecule has 0 aliphatic carbocycles. The molecule has 0 aromatic heterocycles. The molecule has 0 aliphatic rings. The van der Waals surface area contributed by atoms with E-state index >= 15 is 0 Å². The summed E-state index contributed by atoms with van der Waals surface area (Å²) < 4.78 is 4.82. The Morgan fingerprint density at radius 1 is 1.67 bits per heavy atom. The van der Waals surface area contributed by atoms with Crippen LogP contribution >= 0.6 is 0 Å².